The predicted molar refractivity (Wildman–Crippen MR) is 103 cm³/mol. The normalized spacial score (nSPS) is 24.5. The zero-order valence-corrected chi connectivity index (χ0v) is 15.9. The molecular formula is C22H26F2N2O2. The van der Waals surface area contributed by atoms with Crippen molar-refractivity contribution >= 4 is 0 Å². The maximum atomic E-state index is 13.0. The van der Waals surface area contributed by atoms with Crippen molar-refractivity contribution in [2.24, 2.45) is 11.7 Å². The topological polar surface area (TPSA) is 58.7 Å². The first-order chi connectivity index (χ1) is 13.3. The summed E-state index contributed by atoms with van der Waals surface area (Å²) in [5, 5.41) is 10.6. The van der Waals surface area contributed by atoms with Gasteiger partial charge >= 0.3 is 0 Å². The Morgan fingerprint density at radius 1 is 1.25 bits per heavy atom. The third-order valence-corrected chi connectivity index (χ3v) is 5.62. The Morgan fingerprint density at radius 3 is 2.61 bits per heavy atom. The molecule has 2 aliphatic rings. The fourth-order valence-corrected chi connectivity index (χ4v) is 3.72. The van der Waals surface area contributed by atoms with Crippen LogP contribution in [0.4, 0.5) is 8.78 Å². The van der Waals surface area contributed by atoms with Crippen LogP contribution in [0.15, 0.2) is 42.5 Å². The van der Waals surface area contributed by atoms with Crippen molar-refractivity contribution in [1.29, 1.82) is 0 Å². The molecule has 0 aromatic heterocycles. The SMILES string of the molecule is C[C@H](N)c1ccc(CN2Cc3ccc(OCC4CC4(F)F)cc3C(O)C2)cc1. The lowest BCUT2D eigenvalue weighted by Gasteiger charge is -2.32. The molecule has 4 rings (SSSR count). The molecule has 3 N–H and O–H groups in total. The molecule has 2 aromatic rings. The molecular weight excluding hydrogens is 362 g/mol. The second-order valence-corrected chi connectivity index (χ2v) is 8.05. The average molecular weight is 388 g/mol. The summed E-state index contributed by atoms with van der Waals surface area (Å²) in [7, 11) is 0. The number of aliphatic hydroxyl groups is 1. The number of fused-ring (bicyclic) bond motifs is 1. The quantitative estimate of drug-likeness (QED) is 0.791. The van der Waals surface area contributed by atoms with Crippen molar-refractivity contribution in [3.05, 3.63) is 64.7 Å². The maximum absolute atomic E-state index is 13.0. The molecule has 0 bridgehead atoms. The molecule has 4 nitrogen and oxygen atoms in total. The number of nitrogens with two attached hydrogens (primary N) is 1. The van der Waals surface area contributed by atoms with E-state index in [9.17, 15) is 13.9 Å². The molecule has 0 saturated heterocycles. The van der Waals surface area contributed by atoms with E-state index in [1.807, 2.05) is 25.1 Å². The van der Waals surface area contributed by atoms with Gasteiger partial charge in [-0.1, -0.05) is 30.3 Å². The number of nitrogens with zero attached hydrogens (tertiary/aromatic N) is 1. The second kappa shape index (κ2) is 7.43. The van der Waals surface area contributed by atoms with E-state index in [4.69, 9.17) is 10.5 Å². The first-order valence-corrected chi connectivity index (χ1v) is 9.70. The molecule has 2 aromatic carbocycles. The maximum Gasteiger partial charge on any atom is 0.255 e. The largest absolute Gasteiger partial charge is 0.493 e. The molecule has 0 spiro atoms. The van der Waals surface area contributed by atoms with Crippen molar-refractivity contribution in [3.8, 4) is 5.75 Å². The second-order valence-electron chi connectivity index (χ2n) is 8.05. The van der Waals surface area contributed by atoms with Crippen LogP contribution in [0.3, 0.4) is 0 Å². The van der Waals surface area contributed by atoms with Gasteiger partial charge in [0.25, 0.3) is 5.92 Å². The number of benzene rings is 2. The molecule has 3 atom stereocenters. The van der Waals surface area contributed by atoms with Crippen LogP contribution in [0.25, 0.3) is 0 Å². The van der Waals surface area contributed by atoms with Crippen LogP contribution in [0, 0.1) is 5.92 Å². The van der Waals surface area contributed by atoms with Gasteiger partial charge in [-0.15, -0.1) is 0 Å². The Hall–Kier alpha value is -2.02. The molecule has 2 unspecified atom stereocenters. The van der Waals surface area contributed by atoms with Crippen LogP contribution in [0.2, 0.25) is 0 Å². The Labute approximate surface area is 163 Å². The highest BCUT2D eigenvalue weighted by atomic mass is 19.3. The minimum atomic E-state index is -2.57. The summed E-state index contributed by atoms with van der Waals surface area (Å²) in [6.07, 6.45) is -0.723. The highest BCUT2D eigenvalue weighted by Gasteiger charge is 2.57. The molecule has 1 aliphatic heterocycles. The fraction of sp³-hybridized carbons (Fsp3) is 0.455. The van der Waals surface area contributed by atoms with Gasteiger partial charge in [0.05, 0.1) is 18.6 Å². The molecule has 1 saturated carbocycles. The van der Waals surface area contributed by atoms with Crippen LogP contribution in [0.1, 0.15) is 47.7 Å². The zero-order valence-electron chi connectivity index (χ0n) is 15.9. The summed E-state index contributed by atoms with van der Waals surface area (Å²) < 4.78 is 31.5. The number of halogens is 2. The van der Waals surface area contributed by atoms with Crippen molar-refractivity contribution in [1.82, 2.24) is 4.90 Å². The summed E-state index contributed by atoms with van der Waals surface area (Å²) in [6.45, 7) is 3.96. The van der Waals surface area contributed by atoms with Gasteiger partial charge in [0, 0.05) is 32.1 Å². The Morgan fingerprint density at radius 2 is 1.96 bits per heavy atom. The number of hydrogen-bond donors (Lipinski definition) is 2. The molecule has 1 heterocycles. The minimum Gasteiger partial charge on any atom is -0.493 e. The minimum absolute atomic E-state index is 0.0142. The van der Waals surface area contributed by atoms with Crippen LogP contribution in [-0.4, -0.2) is 29.1 Å². The Bertz CT molecular complexity index is 839. The lowest BCUT2D eigenvalue weighted by Crippen LogP contribution is -2.33. The summed E-state index contributed by atoms with van der Waals surface area (Å²) >= 11 is 0. The van der Waals surface area contributed by atoms with E-state index in [2.05, 4.69) is 17.0 Å². The van der Waals surface area contributed by atoms with Crippen molar-refractivity contribution in [2.45, 2.75) is 44.5 Å². The van der Waals surface area contributed by atoms with E-state index in [1.54, 1.807) is 12.1 Å². The van der Waals surface area contributed by atoms with E-state index in [1.165, 1.54) is 5.56 Å². The van der Waals surface area contributed by atoms with Gasteiger partial charge < -0.3 is 15.6 Å². The molecule has 28 heavy (non-hydrogen) atoms. The molecule has 150 valence electrons. The number of aliphatic hydroxyl groups excluding tert-OH is 1. The summed E-state index contributed by atoms with van der Waals surface area (Å²) in [5.74, 6) is -2.72. The smallest absolute Gasteiger partial charge is 0.255 e. The summed E-state index contributed by atoms with van der Waals surface area (Å²) in [5.41, 5.74) is 10.0. The van der Waals surface area contributed by atoms with E-state index in [0.717, 1.165) is 29.8 Å². The lowest BCUT2D eigenvalue weighted by atomic mass is 9.96. The van der Waals surface area contributed by atoms with Crippen molar-refractivity contribution in [3.63, 3.8) is 0 Å². The highest BCUT2D eigenvalue weighted by molar-refractivity contribution is 5.39. The first kappa shape index (κ1) is 19.3. The van der Waals surface area contributed by atoms with Gasteiger partial charge in [0.1, 0.15) is 5.75 Å². The molecule has 6 heteroatoms. The van der Waals surface area contributed by atoms with E-state index >= 15 is 0 Å². The summed E-state index contributed by atoms with van der Waals surface area (Å²) in [4.78, 5) is 2.19. The first-order valence-electron chi connectivity index (χ1n) is 9.70. The monoisotopic (exact) mass is 388 g/mol. The number of rotatable bonds is 6. The molecule has 1 aliphatic carbocycles. The van der Waals surface area contributed by atoms with Crippen molar-refractivity contribution in [2.75, 3.05) is 13.2 Å². The lowest BCUT2D eigenvalue weighted by molar-refractivity contribution is 0.0834. The zero-order chi connectivity index (χ0) is 19.9. The van der Waals surface area contributed by atoms with E-state index in [0.29, 0.717) is 12.3 Å². The van der Waals surface area contributed by atoms with Crippen molar-refractivity contribution < 1.29 is 18.6 Å². The third kappa shape index (κ3) is 4.19. The highest BCUT2D eigenvalue weighted by Crippen LogP contribution is 2.48. The molecule has 1 fully saturated rings. The van der Waals surface area contributed by atoms with Crippen LogP contribution in [-0.2, 0) is 13.1 Å². The van der Waals surface area contributed by atoms with Crippen LogP contribution < -0.4 is 10.5 Å². The summed E-state index contributed by atoms with van der Waals surface area (Å²) in [6, 6.07) is 13.8. The Kier molecular flexibility index (Phi) is 5.12. The predicted octanol–water partition coefficient (Wildman–Crippen LogP) is 3.79. The average Bonchev–Trinajstić information content (AvgIpc) is 3.27. The third-order valence-electron chi connectivity index (χ3n) is 5.62. The molecule has 0 radical (unpaired) electrons. The van der Waals surface area contributed by atoms with Gasteiger partial charge in [-0.2, -0.15) is 0 Å². The number of hydrogen-bond acceptors (Lipinski definition) is 4. The Balaban J connectivity index is 1.39. The van der Waals surface area contributed by atoms with Gasteiger partial charge in [-0.25, -0.2) is 8.78 Å². The van der Waals surface area contributed by atoms with Gasteiger partial charge in [-0.05, 0) is 41.3 Å². The van der Waals surface area contributed by atoms with Crippen LogP contribution in [0.5, 0.6) is 5.75 Å². The van der Waals surface area contributed by atoms with Gasteiger partial charge in [-0.3, -0.25) is 4.90 Å². The fourth-order valence-electron chi connectivity index (χ4n) is 3.72. The number of β-amino-alcohol motifs (C(OH)–C–C–N with tert-alkyl or cyclic N) is 1. The van der Waals surface area contributed by atoms with E-state index < -0.39 is 17.9 Å². The van der Waals surface area contributed by atoms with Gasteiger partial charge in [0.2, 0.25) is 0 Å². The van der Waals surface area contributed by atoms with Crippen LogP contribution >= 0.6 is 0 Å². The molecule has 0 amide bonds. The van der Waals surface area contributed by atoms with E-state index in [-0.39, 0.29) is 19.1 Å². The number of alkyl halides is 2. The van der Waals surface area contributed by atoms with Gasteiger partial charge in [0.15, 0.2) is 0 Å². The standard InChI is InChI=1S/C22H26F2N2O2/c1-14(25)16-4-2-15(3-5-16)10-26-11-17-6-7-19(8-20(17)21(27)12-26)28-13-18-9-22(18,23)24/h2-8,14,18,21,27H,9-13,25H2,1H3/t14-,18?,21?/m0/s1. The number of ether oxygens (including phenoxy) is 1.